The summed E-state index contributed by atoms with van der Waals surface area (Å²) in [5.74, 6) is -3.67. The number of amides is 2. The van der Waals surface area contributed by atoms with E-state index in [1.165, 1.54) is 48.1 Å². The summed E-state index contributed by atoms with van der Waals surface area (Å²) in [6.45, 7) is 1.26. The summed E-state index contributed by atoms with van der Waals surface area (Å²) in [6.07, 6.45) is 1.47. The molecule has 0 radical (unpaired) electrons. The van der Waals surface area contributed by atoms with Gasteiger partial charge in [-0.2, -0.15) is 5.10 Å². The highest BCUT2D eigenvalue weighted by atomic mass is 35.5. The fraction of sp³-hybridized carbons (Fsp3) is 0.125. The second-order valence-electron chi connectivity index (χ2n) is 10.2. The van der Waals surface area contributed by atoms with Gasteiger partial charge in [-0.15, -0.1) is 12.4 Å². The molecule has 6 rings (SSSR count). The van der Waals surface area contributed by atoms with Crippen molar-refractivity contribution in [3.63, 3.8) is 0 Å². The van der Waals surface area contributed by atoms with E-state index in [4.69, 9.17) is 10.5 Å². The molecule has 0 fully saturated rings. The number of halogens is 3. The highest BCUT2D eigenvalue weighted by Crippen LogP contribution is 2.30. The number of nitrogens with two attached hydrogens (primary N) is 1. The first-order valence-corrected chi connectivity index (χ1v) is 13.8. The number of nitrogens with one attached hydrogen (secondary N) is 2. The van der Waals surface area contributed by atoms with Crippen LogP contribution in [-0.4, -0.2) is 50.3 Å². The molecular weight excluding hydrogens is 620 g/mol. The molecule has 2 aromatic heterocycles. The van der Waals surface area contributed by atoms with Crippen LogP contribution in [-0.2, 0) is 20.9 Å². The van der Waals surface area contributed by atoms with Gasteiger partial charge in [0.25, 0.3) is 11.8 Å². The molecule has 3 aromatic carbocycles. The van der Waals surface area contributed by atoms with Crippen LogP contribution in [0.15, 0.2) is 90.2 Å². The van der Waals surface area contributed by atoms with Gasteiger partial charge in [-0.1, -0.05) is 48.5 Å². The number of hydrogen-bond donors (Lipinski definition) is 3. The second-order valence-corrected chi connectivity index (χ2v) is 10.2. The number of fused-ring (bicyclic) bond motifs is 2. The van der Waals surface area contributed by atoms with Gasteiger partial charge in [-0.05, 0) is 36.8 Å². The van der Waals surface area contributed by atoms with Gasteiger partial charge in [-0.3, -0.25) is 14.4 Å². The minimum absolute atomic E-state index is 0. The van der Waals surface area contributed by atoms with Gasteiger partial charge in [0.05, 0.1) is 11.4 Å². The Hall–Kier alpha value is -5.53. The van der Waals surface area contributed by atoms with Crippen LogP contribution >= 0.6 is 12.4 Å². The van der Waals surface area contributed by atoms with E-state index in [1.807, 2.05) is 0 Å². The first-order chi connectivity index (χ1) is 21.7. The fourth-order valence-corrected chi connectivity index (χ4v) is 4.83. The van der Waals surface area contributed by atoms with Crippen LogP contribution in [0.2, 0.25) is 0 Å². The van der Waals surface area contributed by atoms with Crippen LogP contribution in [0.25, 0.3) is 16.9 Å². The molecular formula is C32H26ClF2N7O4. The van der Waals surface area contributed by atoms with E-state index in [0.717, 1.165) is 6.07 Å². The zero-order chi connectivity index (χ0) is 31.7. The van der Waals surface area contributed by atoms with Crippen molar-refractivity contribution in [1.82, 2.24) is 19.9 Å². The molecule has 2 amide bonds. The third-order valence-electron chi connectivity index (χ3n) is 7.00. The summed E-state index contributed by atoms with van der Waals surface area (Å²) in [4.78, 5) is 47.8. The Morgan fingerprint density at radius 1 is 1.04 bits per heavy atom. The average Bonchev–Trinajstić information content (AvgIpc) is 3.35. The number of aliphatic imine (C=N–C) groups is 1. The zero-order valence-electron chi connectivity index (χ0n) is 24.1. The summed E-state index contributed by atoms with van der Waals surface area (Å²) in [5, 5.41) is 9.52. The molecule has 2 atom stereocenters. The van der Waals surface area contributed by atoms with Gasteiger partial charge in [0.15, 0.2) is 5.65 Å². The normalized spacial score (nSPS) is 14.7. The molecule has 1 aliphatic heterocycles. The summed E-state index contributed by atoms with van der Waals surface area (Å²) in [7, 11) is 0. The van der Waals surface area contributed by atoms with Gasteiger partial charge in [0.2, 0.25) is 6.17 Å². The Balaban J connectivity index is 0.00000417. The number of hydrogen-bond acceptors (Lipinski definition) is 8. The Kier molecular flexibility index (Phi) is 9.16. The Morgan fingerprint density at radius 3 is 2.57 bits per heavy atom. The molecule has 0 saturated carbocycles. The van der Waals surface area contributed by atoms with Crippen LogP contribution in [0, 0.1) is 11.6 Å². The number of anilines is 1. The molecule has 1 aliphatic rings. The Labute approximate surface area is 266 Å². The average molecular weight is 646 g/mol. The lowest BCUT2D eigenvalue weighted by atomic mass is 10.0. The summed E-state index contributed by atoms with van der Waals surface area (Å²) in [6, 6.07) is 18.0. The van der Waals surface area contributed by atoms with Crippen molar-refractivity contribution in [3.05, 3.63) is 119 Å². The highest BCUT2D eigenvalue weighted by Gasteiger charge is 2.32. The molecule has 0 saturated heterocycles. The molecule has 14 heteroatoms. The molecule has 3 heterocycles. The minimum atomic E-state index is -1.50. The maximum absolute atomic E-state index is 15.5. The smallest absolute Gasteiger partial charge is 0.322 e. The van der Waals surface area contributed by atoms with Crippen molar-refractivity contribution in [1.29, 1.82) is 0 Å². The number of esters is 1. The van der Waals surface area contributed by atoms with Gasteiger partial charge in [-0.25, -0.2) is 23.3 Å². The lowest BCUT2D eigenvalue weighted by molar-refractivity contribution is -0.146. The molecule has 0 spiro atoms. The number of ether oxygens (including phenoxy) is 1. The van der Waals surface area contributed by atoms with Crippen molar-refractivity contribution < 1.29 is 27.9 Å². The second kappa shape index (κ2) is 13.2. The van der Waals surface area contributed by atoms with Crippen molar-refractivity contribution >= 4 is 47.2 Å². The molecule has 0 aliphatic carbocycles. The van der Waals surface area contributed by atoms with Crippen molar-refractivity contribution in [2.75, 3.05) is 5.32 Å². The fourth-order valence-electron chi connectivity index (χ4n) is 4.83. The summed E-state index contributed by atoms with van der Waals surface area (Å²) < 4.78 is 36.8. The Morgan fingerprint density at radius 2 is 1.83 bits per heavy atom. The van der Waals surface area contributed by atoms with Crippen LogP contribution in [0.1, 0.15) is 34.0 Å². The SMILES string of the molecule is C[C@@H](N)C(=O)OCc1ccc(-c2nn3cccnc3c2C(=O)N[C@H]2N=C(c3ccccc3)c3cccc(F)c3NC2=O)c(F)c1.Cl. The number of aromatic nitrogens is 3. The van der Waals surface area contributed by atoms with E-state index in [0.29, 0.717) is 16.7 Å². The van der Waals surface area contributed by atoms with Crippen LogP contribution in [0.3, 0.4) is 0 Å². The third kappa shape index (κ3) is 6.18. The van der Waals surface area contributed by atoms with E-state index in [1.54, 1.807) is 42.5 Å². The molecule has 234 valence electrons. The largest absolute Gasteiger partial charge is 0.460 e. The van der Waals surface area contributed by atoms with Crippen molar-refractivity contribution in [2.24, 2.45) is 10.7 Å². The zero-order valence-corrected chi connectivity index (χ0v) is 24.9. The van der Waals surface area contributed by atoms with E-state index < -0.39 is 41.6 Å². The Bertz CT molecular complexity index is 2000. The van der Waals surface area contributed by atoms with E-state index >= 15 is 4.39 Å². The van der Waals surface area contributed by atoms with Gasteiger partial charge in [0, 0.05) is 29.1 Å². The number of rotatable bonds is 7. The van der Waals surface area contributed by atoms with Crippen LogP contribution in [0.4, 0.5) is 14.5 Å². The van der Waals surface area contributed by atoms with Crippen LogP contribution in [0.5, 0.6) is 0 Å². The summed E-state index contributed by atoms with van der Waals surface area (Å²) >= 11 is 0. The van der Waals surface area contributed by atoms with Gasteiger partial charge >= 0.3 is 5.97 Å². The van der Waals surface area contributed by atoms with E-state index in [-0.39, 0.29) is 52.9 Å². The predicted octanol–water partition coefficient (Wildman–Crippen LogP) is 4.03. The van der Waals surface area contributed by atoms with Crippen molar-refractivity contribution in [2.45, 2.75) is 25.7 Å². The van der Waals surface area contributed by atoms with Crippen molar-refractivity contribution in [3.8, 4) is 11.3 Å². The lowest BCUT2D eigenvalue weighted by Crippen LogP contribution is -2.42. The molecule has 5 aromatic rings. The lowest BCUT2D eigenvalue weighted by Gasteiger charge is -2.14. The van der Waals surface area contributed by atoms with Crippen LogP contribution < -0.4 is 16.4 Å². The number of nitrogens with zero attached hydrogens (tertiary/aromatic N) is 4. The van der Waals surface area contributed by atoms with E-state index in [9.17, 15) is 18.8 Å². The number of benzodiazepines with no additional fused rings is 1. The molecule has 4 N–H and O–H groups in total. The molecule has 0 unspecified atom stereocenters. The molecule has 0 bridgehead atoms. The number of carbonyl (C=O) groups excluding carboxylic acids is 3. The number of carbonyl (C=O) groups is 3. The first kappa shape index (κ1) is 31.9. The topological polar surface area (TPSA) is 153 Å². The monoisotopic (exact) mass is 645 g/mol. The minimum Gasteiger partial charge on any atom is -0.460 e. The number of benzene rings is 3. The standard InChI is InChI=1S/C32H25F2N7O4.ClH/c1-17(35)32(44)45-16-18-11-12-20(23(34)15-18)27-24(29-36-13-6-14-41(29)40-27)30(42)39-28-31(43)38-26-21(9-5-10-22(26)33)25(37-28)19-7-3-2-4-8-19;/h2-15,17,28H,16,35H2,1H3,(H,38,43)(H,39,42);1H/t17-,28-;/m1./s1. The maximum Gasteiger partial charge on any atom is 0.322 e. The van der Waals surface area contributed by atoms with Gasteiger partial charge in [0.1, 0.15) is 35.5 Å². The quantitative estimate of drug-likeness (QED) is 0.226. The predicted molar refractivity (Wildman–Crippen MR) is 167 cm³/mol. The maximum atomic E-state index is 15.5. The molecule has 11 nitrogen and oxygen atoms in total. The molecule has 46 heavy (non-hydrogen) atoms. The van der Waals surface area contributed by atoms with Gasteiger partial charge < -0.3 is 21.1 Å². The number of para-hydroxylation sites is 1. The van der Waals surface area contributed by atoms with E-state index in [2.05, 4.69) is 25.7 Å². The first-order valence-electron chi connectivity index (χ1n) is 13.8. The summed E-state index contributed by atoms with van der Waals surface area (Å²) in [5.41, 5.74) is 6.86. The highest BCUT2D eigenvalue weighted by molar-refractivity contribution is 6.20. The third-order valence-corrected chi connectivity index (χ3v) is 7.00.